The van der Waals surface area contributed by atoms with E-state index in [9.17, 15) is 14.4 Å². The number of benzene rings is 1. The summed E-state index contributed by atoms with van der Waals surface area (Å²) in [5.74, 6) is -1.27. The predicted octanol–water partition coefficient (Wildman–Crippen LogP) is 2.00. The summed E-state index contributed by atoms with van der Waals surface area (Å²) >= 11 is 11.7. The number of rotatable bonds is 4. The van der Waals surface area contributed by atoms with Gasteiger partial charge in [0, 0.05) is 17.0 Å². The molecule has 1 heterocycles. The Morgan fingerprint density at radius 1 is 1.35 bits per heavy atom. The van der Waals surface area contributed by atoms with E-state index in [-0.39, 0.29) is 22.9 Å². The quantitative estimate of drug-likeness (QED) is 0.681. The van der Waals surface area contributed by atoms with Gasteiger partial charge in [0.05, 0.1) is 5.02 Å². The van der Waals surface area contributed by atoms with E-state index >= 15 is 0 Å². The predicted molar refractivity (Wildman–Crippen MR) is 72.9 cm³/mol. The highest BCUT2D eigenvalue weighted by Crippen LogP contribution is 2.21. The number of amides is 1. The van der Waals surface area contributed by atoms with Gasteiger partial charge in [-0.25, -0.2) is 4.79 Å². The molecule has 7 heteroatoms. The largest absolute Gasteiger partial charge is 0.456 e. The first-order chi connectivity index (χ1) is 9.47. The molecule has 1 amide bonds. The van der Waals surface area contributed by atoms with Crippen LogP contribution in [0, 0.1) is 0 Å². The van der Waals surface area contributed by atoms with Crippen LogP contribution in [-0.4, -0.2) is 30.3 Å². The lowest BCUT2D eigenvalue weighted by atomic mass is 10.1. The molecule has 1 aromatic carbocycles. The zero-order valence-corrected chi connectivity index (χ0v) is 11.8. The average Bonchev–Trinajstić information content (AvgIpc) is 2.85. The molecule has 5 nitrogen and oxygen atoms in total. The Hall–Kier alpha value is -1.59. The van der Waals surface area contributed by atoms with Crippen molar-refractivity contribution in [2.45, 2.75) is 18.9 Å². The molecule has 0 spiro atoms. The van der Waals surface area contributed by atoms with Crippen LogP contribution < -0.4 is 5.32 Å². The van der Waals surface area contributed by atoms with Crippen LogP contribution in [0.25, 0.3) is 0 Å². The van der Waals surface area contributed by atoms with E-state index in [0.717, 1.165) is 0 Å². The Balaban J connectivity index is 1.93. The van der Waals surface area contributed by atoms with Crippen LogP contribution in [0.15, 0.2) is 18.2 Å². The molecule has 0 aliphatic carbocycles. The summed E-state index contributed by atoms with van der Waals surface area (Å²) in [6.45, 7) is -0.439. The number of halogens is 2. The third kappa shape index (κ3) is 3.49. The molecule has 0 saturated carbocycles. The van der Waals surface area contributed by atoms with Crippen molar-refractivity contribution in [3.05, 3.63) is 33.8 Å². The van der Waals surface area contributed by atoms with Gasteiger partial charge in [0.2, 0.25) is 11.7 Å². The van der Waals surface area contributed by atoms with Crippen molar-refractivity contribution < 1.29 is 19.1 Å². The molecule has 20 heavy (non-hydrogen) atoms. The molecule has 1 atom stereocenters. The molecule has 2 rings (SSSR count). The van der Waals surface area contributed by atoms with Crippen LogP contribution in [0.3, 0.4) is 0 Å². The number of hydrogen-bond donors (Lipinski definition) is 1. The van der Waals surface area contributed by atoms with E-state index < -0.39 is 24.4 Å². The fourth-order valence-electron chi connectivity index (χ4n) is 1.82. The van der Waals surface area contributed by atoms with Crippen LogP contribution in [0.4, 0.5) is 0 Å². The van der Waals surface area contributed by atoms with Crippen molar-refractivity contribution >= 4 is 40.9 Å². The summed E-state index contributed by atoms with van der Waals surface area (Å²) in [6, 6.07) is 3.79. The van der Waals surface area contributed by atoms with Gasteiger partial charge in [-0.1, -0.05) is 23.2 Å². The van der Waals surface area contributed by atoms with E-state index in [0.29, 0.717) is 11.4 Å². The maximum Gasteiger partial charge on any atom is 0.329 e. The normalized spacial score (nSPS) is 17.7. The zero-order chi connectivity index (χ0) is 14.7. The Morgan fingerprint density at radius 3 is 2.75 bits per heavy atom. The molecule has 1 unspecified atom stereocenters. The number of carbonyl (C=O) groups is 3. The minimum atomic E-state index is -0.676. The van der Waals surface area contributed by atoms with Gasteiger partial charge in [-0.15, -0.1) is 0 Å². The topological polar surface area (TPSA) is 72.5 Å². The first kappa shape index (κ1) is 14.8. The Kier molecular flexibility index (Phi) is 4.62. The molecular weight excluding hydrogens is 305 g/mol. The summed E-state index contributed by atoms with van der Waals surface area (Å²) in [5.41, 5.74) is 0.197. The maximum atomic E-state index is 11.9. The minimum absolute atomic E-state index is 0.197. The van der Waals surface area contributed by atoms with Crippen LogP contribution in [0.5, 0.6) is 0 Å². The van der Waals surface area contributed by atoms with Gasteiger partial charge in [0.1, 0.15) is 6.04 Å². The Bertz CT molecular complexity index is 573. The third-order valence-corrected chi connectivity index (χ3v) is 3.42. The van der Waals surface area contributed by atoms with Gasteiger partial charge < -0.3 is 10.1 Å². The van der Waals surface area contributed by atoms with Crippen molar-refractivity contribution in [2.24, 2.45) is 0 Å². The monoisotopic (exact) mass is 315 g/mol. The zero-order valence-electron chi connectivity index (χ0n) is 10.3. The third-order valence-electron chi connectivity index (χ3n) is 2.85. The molecule has 0 bridgehead atoms. The second-order valence-corrected chi connectivity index (χ2v) is 5.16. The highest BCUT2D eigenvalue weighted by molar-refractivity contribution is 6.36. The lowest BCUT2D eigenvalue weighted by Crippen LogP contribution is -2.35. The highest BCUT2D eigenvalue weighted by Gasteiger charge is 2.29. The van der Waals surface area contributed by atoms with Crippen LogP contribution >= 0.6 is 23.2 Å². The van der Waals surface area contributed by atoms with Crippen molar-refractivity contribution in [3.8, 4) is 0 Å². The van der Waals surface area contributed by atoms with Gasteiger partial charge in [-0.2, -0.15) is 0 Å². The number of nitrogens with one attached hydrogen (secondary N) is 1. The second kappa shape index (κ2) is 6.24. The fraction of sp³-hybridized carbons (Fsp3) is 0.308. The van der Waals surface area contributed by atoms with E-state index in [1.54, 1.807) is 6.07 Å². The molecular formula is C13H11Cl2NO4. The molecule has 1 aliphatic heterocycles. The van der Waals surface area contributed by atoms with Crippen LogP contribution in [-0.2, 0) is 14.3 Å². The molecule has 1 N–H and O–H groups in total. The van der Waals surface area contributed by atoms with Gasteiger partial charge in [0.15, 0.2) is 6.61 Å². The number of ether oxygens (including phenoxy) is 1. The van der Waals surface area contributed by atoms with Crippen molar-refractivity contribution in [2.75, 3.05) is 6.61 Å². The number of esters is 1. The Labute approximate surface area is 125 Å². The minimum Gasteiger partial charge on any atom is -0.456 e. The van der Waals surface area contributed by atoms with Crippen LogP contribution in [0.2, 0.25) is 10.0 Å². The van der Waals surface area contributed by atoms with Crippen molar-refractivity contribution in [1.82, 2.24) is 5.32 Å². The summed E-state index contributed by atoms with van der Waals surface area (Å²) in [4.78, 5) is 34.5. The molecule has 1 aliphatic rings. The van der Waals surface area contributed by atoms with Crippen LogP contribution in [0.1, 0.15) is 23.2 Å². The lowest BCUT2D eigenvalue weighted by Gasteiger charge is -2.10. The second-order valence-electron chi connectivity index (χ2n) is 4.31. The number of hydrogen-bond acceptors (Lipinski definition) is 4. The van der Waals surface area contributed by atoms with E-state index in [4.69, 9.17) is 27.9 Å². The summed E-state index contributed by atoms with van der Waals surface area (Å²) in [7, 11) is 0. The molecule has 0 radical (unpaired) electrons. The van der Waals surface area contributed by atoms with Crippen molar-refractivity contribution in [3.63, 3.8) is 0 Å². The highest BCUT2D eigenvalue weighted by atomic mass is 35.5. The molecule has 0 aromatic heterocycles. The smallest absolute Gasteiger partial charge is 0.329 e. The number of carbonyl (C=O) groups excluding carboxylic acids is 3. The first-order valence-corrected chi connectivity index (χ1v) is 6.67. The average molecular weight is 316 g/mol. The van der Waals surface area contributed by atoms with E-state index in [1.165, 1.54) is 12.1 Å². The lowest BCUT2D eigenvalue weighted by molar-refractivity contribution is -0.145. The molecule has 1 fully saturated rings. The van der Waals surface area contributed by atoms with Gasteiger partial charge in [0.25, 0.3) is 0 Å². The van der Waals surface area contributed by atoms with Gasteiger partial charge in [-0.3, -0.25) is 9.59 Å². The summed E-state index contributed by atoms with van der Waals surface area (Å²) in [6.07, 6.45) is 0.664. The van der Waals surface area contributed by atoms with Gasteiger partial charge >= 0.3 is 5.97 Å². The number of Topliss-reactive ketones (excluding diaryl/α,β-unsaturated/α-hetero) is 1. The summed E-state index contributed by atoms with van der Waals surface area (Å²) in [5, 5.41) is 3.07. The standard InChI is InChI=1S/C13H11Cl2NO4/c14-7-1-2-9(15)8(5-7)11(17)6-20-13(19)10-3-4-12(18)16-10/h1-2,5,10H,3-4,6H2,(H,16,18). The molecule has 1 saturated heterocycles. The SMILES string of the molecule is O=C1CCC(C(=O)OCC(=O)c2cc(Cl)ccc2Cl)N1. The maximum absolute atomic E-state index is 11.9. The number of ketones is 1. The summed E-state index contributed by atoms with van der Waals surface area (Å²) < 4.78 is 4.88. The molecule has 1 aromatic rings. The van der Waals surface area contributed by atoms with Crippen molar-refractivity contribution in [1.29, 1.82) is 0 Å². The molecule has 106 valence electrons. The Morgan fingerprint density at radius 2 is 2.10 bits per heavy atom. The van der Waals surface area contributed by atoms with E-state index in [2.05, 4.69) is 5.32 Å². The van der Waals surface area contributed by atoms with Gasteiger partial charge in [-0.05, 0) is 24.6 Å². The van der Waals surface area contributed by atoms with E-state index in [1.807, 2.05) is 0 Å². The fourth-order valence-corrected chi connectivity index (χ4v) is 2.21. The first-order valence-electron chi connectivity index (χ1n) is 5.91.